The summed E-state index contributed by atoms with van der Waals surface area (Å²) in [5.74, 6) is 0.282. The first-order chi connectivity index (χ1) is 14.9. The molecule has 3 aromatic rings. The number of rotatable bonds is 5. The minimum Gasteiger partial charge on any atom is -0.487 e. The SMILES string of the molecule is O=C1/C(=C\c2cc(Br)c(OCc3ccc(F)cc3)c(I)c2)SC(=S)N1c1ccccc1. The van der Waals surface area contributed by atoms with Crippen molar-refractivity contribution in [3.8, 4) is 5.75 Å². The molecule has 0 N–H and O–H groups in total. The molecular weight excluding hydrogens is 612 g/mol. The summed E-state index contributed by atoms with van der Waals surface area (Å²) in [6.45, 7) is 0.323. The maximum Gasteiger partial charge on any atom is 0.270 e. The van der Waals surface area contributed by atoms with E-state index in [2.05, 4.69) is 38.5 Å². The van der Waals surface area contributed by atoms with E-state index in [-0.39, 0.29) is 11.7 Å². The van der Waals surface area contributed by atoms with Crippen molar-refractivity contribution in [2.24, 2.45) is 0 Å². The van der Waals surface area contributed by atoms with E-state index in [1.54, 1.807) is 17.0 Å². The predicted octanol–water partition coefficient (Wildman–Crippen LogP) is 7.18. The maximum absolute atomic E-state index is 13.1. The average molecular weight is 626 g/mol. The Kier molecular flexibility index (Phi) is 7.10. The molecule has 1 fully saturated rings. The van der Waals surface area contributed by atoms with Gasteiger partial charge in [0.25, 0.3) is 5.91 Å². The molecule has 1 saturated heterocycles. The van der Waals surface area contributed by atoms with E-state index in [1.165, 1.54) is 23.9 Å². The Morgan fingerprint density at radius 2 is 1.84 bits per heavy atom. The van der Waals surface area contributed by atoms with Gasteiger partial charge in [0.2, 0.25) is 0 Å². The number of carbonyl (C=O) groups excluding carboxylic acids is 1. The van der Waals surface area contributed by atoms with Crippen molar-refractivity contribution in [2.75, 3.05) is 4.90 Å². The molecule has 4 rings (SSSR count). The Balaban J connectivity index is 1.54. The molecule has 8 heteroatoms. The van der Waals surface area contributed by atoms with Crippen LogP contribution in [0.1, 0.15) is 11.1 Å². The van der Waals surface area contributed by atoms with Crippen LogP contribution in [-0.2, 0) is 11.4 Å². The van der Waals surface area contributed by atoms with Crippen molar-refractivity contribution < 1.29 is 13.9 Å². The number of hydrogen-bond acceptors (Lipinski definition) is 4. The van der Waals surface area contributed by atoms with E-state index in [0.29, 0.717) is 21.6 Å². The molecule has 0 unspecified atom stereocenters. The lowest BCUT2D eigenvalue weighted by Gasteiger charge is -2.14. The molecule has 156 valence electrons. The minimum atomic E-state index is -0.276. The number of anilines is 1. The highest BCUT2D eigenvalue weighted by Crippen LogP contribution is 2.38. The van der Waals surface area contributed by atoms with E-state index in [1.807, 2.05) is 48.5 Å². The third kappa shape index (κ3) is 5.19. The molecule has 0 spiro atoms. The second-order valence-corrected chi connectivity index (χ2v) is 10.3. The number of carbonyl (C=O) groups is 1. The quantitative estimate of drug-likeness (QED) is 0.171. The first-order valence-electron chi connectivity index (χ1n) is 9.11. The molecule has 0 aliphatic carbocycles. The van der Waals surface area contributed by atoms with Gasteiger partial charge in [-0.1, -0.05) is 54.3 Å². The summed E-state index contributed by atoms with van der Waals surface area (Å²) in [5.41, 5.74) is 2.49. The van der Waals surface area contributed by atoms with Gasteiger partial charge in [-0.15, -0.1) is 0 Å². The number of nitrogens with zero attached hydrogens (tertiary/aromatic N) is 1. The van der Waals surface area contributed by atoms with Crippen LogP contribution in [0, 0.1) is 9.39 Å². The van der Waals surface area contributed by atoms with Crippen LogP contribution < -0.4 is 9.64 Å². The van der Waals surface area contributed by atoms with Crippen LogP contribution in [0.5, 0.6) is 5.75 Å². The second-order valence-electron chi connectivity index (χ2n) is 6.58. The molecule has 0 radical (unpaired) electrons. The van der Waals surface area contributed by atoms with Gasteiger partial charge in [-0.05, 0) is 92.1 Å². The normalized spacial score (nSPS) is 15.1. The van der Waals surface area contributed by atoms with E-state index < -0.39 is 0 Å². The molecule has 31 heavy (non-hydrogen) atoms. The second kappa shape index (κ2) is 9.81. The van der Waals surface area contributed by atoms with Gasteiger partial charge < -0.3 is 4.74 Å². The number of thioether (sulfide) groups is 1. The third-order valence-electron chi connectivity index (χ3n) is 4.42. The van der Waals surface area contributed by atoms with Crippen molar-refractivity contribution in [2.45, 2.75) is 6.61 Å². The van der Waals surface area contributed by atoms with Crippen LogP contribution in [0.3, 0.4) is 0 Å². The van der Waals surface area contributed by atoms with Crippen LogP contribution in [0.25, 0.3) is 6.08 Å². The fourth-order valence-electron chi connectivity index (χ4n) is 2.96. The van der Waals surface area contributed by atoms with Crippen molar-refractivity contribution in [1.82, 2.24) is 0 Å². The molecule has 3 nitrogen and oxygen atoms in total. The average Bonchev–Trinajstić information content (AvgIpc) is 3.02. The van der Waals surface area contributed by atoms with Crippen LogP contribution in [-0.4, -0.2) is 10.2 Å². The van der Waals surface area contributed by atoms with Gasteiger partial charge in [0.1, 0.15) is 18.2 Å². The maximum atomic E-state index is 13.1. The summed E-state index contributed by atoms with van der Waals surface area (Å²) < 4.78 is 21.2. The Hall–Kier alpha value is -1.75. The van der Waals surface area contributed by atoms with Crippen LogP contribution in [0.2, 0.25) is 0 Å². The highest BCUT2D eigenvalue weighted by Gasteiger charge is 2.33. The lowest BCUT2D eigenvalue weighted by molar-refractivity contribution is -0.113. The van der Waals surface area contributed by atoms with Crippen molar-refractivity contribution in [1.29, 1.82) is 0 Å². The van der Waals surface area contributed by atoms with E-state index >= 15 is 0 Å². The first-order valence-corrected chi connectivity index (χ1v) is 12.2. The van der Waals surface area contributed by atoms with Crippen LogP contribution >= 0.6 is 62.5 Å². The molecular formula is C23H14BrFINO2S2. The number of thiocarbonyl (C=S) groups is 1. The smallest absolute Gasteiger partial charge is 0.270 e. The topological polar surface area (TPSA) is 29.5 Å². The highest BCUT2D eigenvalue weighted by atomic mass is 127. The molecule has 1 aliphatic rings. The lowest BCUT2D eigenvalue weighted by Crippen LogP contribution is -2.27. The fraction of sp³-hybridized carbons (Fsp3) is 0.0435. The number of halogens is 3. The molecule has 1 heterocycles. The van der Waals surface area contributed by atoms with E-state index in [0.717, 1.165) is 24.9 Å². The van der Waals surface area contributed by atoms with Gasteiger partial charge in [-0.3, -0.25) is 9.69 Å². The summed E-state index contributed by atoms with van der Waals surface area (Å²) in [4.78, 5) is 15.0. The third-order valence-corrected chi connectivity index (χ3v) is 7.12. The highest BCUT2D eigenvalue weighted by molar-refractivity contribution is 14.1. The van der Waals surface area contributed by atoms with Crippen LogP contribution in [0.15, 0.2) is 76.1 Å². The molecule has 0 saturated carbocycles. The molecule has 3 aromatic carbocycles. The first kappa shape index (κ1) is 22.4. The van der Waals surface area contributed by atoms with E-state index in [9.17, 15) is 9.18 Å². The van der Waals surface area contributed by atoms with Gasteiger partial charge in [0.15, 0.2) is 4.32 Å². The number of para-hydroxylation sites is 1. The molecule has 0 atom stereocenters. The molecule has 1 amide bonds. The van der Waals surface area contributed by atoms with Crippen molar-refractivity contribution >= 4 is 84.5 Å². The minimum absolute atomic E-state index is 0.135. The van der Waals surface area contributed by atoms with E-state index in [4.69, 9.17) is 17.0 Å². The zero-order valence-corrected chi connectivity index (χ0v) is 21.2. The van der Waals surface area contributed by atoms with Gasteiger partial charge in [-0.25, -0.2) is 4.39 Å². The zero-order valence-electron chi connectivity index (χ0n) is 15.8. The molecule has 0 aromatic heterocycles. The van der Waals surface area contributed by atoms with Crippen molar-refractivity contribution in [3.63, 3.8) is 0 Å². The Morgan fingerprint density at radius 1 is 1.13 bits per heavy atom. The largest absolute Gasteiger partial charge is 0.487 e. The summed E-state index contributed by atoms with van der Waals surface area (Å²) in [7, 11) is 0. The van der Waals surface area contributed by atoms with Crippen molar-refractivity contribution in [3.05, 3.63) is 96.6 Å². The standard InChI is InChI=1S/C23H14BrFINO2S2/c24-18-10-15(11-19(26)21(18)29-13-14-6-8-16(25)9-7-14)12-20-22(28)27(23(30)31-20)17-4-2-1-3-5-17/h1-12H,13H2/b20-12+. The lowest BCUT2D eigenvalue weighted by atomic mass is 10.2. The van der Waals surface area contributed by atoms with Gasteiger partial charge in [0.05, 0.1) is 18.6 Å². The number of benzene rings is 3. The summed E-state index contributed by atoms with van der Waals surface area (Å²) in [6.07, 6.45) is 1.83. The van der Waals surface area contributed by atoms with Crippen LogP contribution in [0.4, 0.5) is 10.1 Å². The number of amides is 1. The number of ether oxygens (including phenoxy) is 1. The monoisotopic (exact) mass is 625 g/mol. The van der Waals surface area contributed by atoms with Gasteiger partial charge >= 0.3 is 0 Å². The zero-order chi connectivity index (χ0) is 22.0. The summed E-state index contributed by atoms with van der Waals surface area (Å²) in [6, 6.07) is 19.4. The van der Waals surface area contributed by atoms with Gasteiger partial charge in [-0.2, -0.15) is 0 Å². The Bertz CT molecular complexity index is 1160. The fourth-order valence-corrected chi connectivity index (χ4v) is 6.02. The number of hydrogen-bond donors (Lipinski definition) is 0. The summed E-state index contributed by atoms with van der Waals surface area (Å²) >= 11 is 12.5. The molecule has 1 aliphatic heterocycles. The Labute approximate surface area is 210 Å². The van der Waals surface area contributed by atoms with Gasteiger partial charge in [0, 0.05) is 0 Å². The summed E-state index contributed by atoms with van der Waals surface area (Å²) in [5, 5.41) is 0. The Morgan fingerprint density at radius 3 is 2.52 bits per heavy atom. The molecule has 0 bridgehead atoms. The predicted molar refractivity (Wildman–Crippen MR) is 140 cm³/mol.